The zero-order valence-corrected chi connectivity index (χ0v) is 19.6. The van der Waals surface area contributed by atoms with Gasteiger partial charge in [0, 0.05) is 36.6 Å². The van der Waals surface area contributed by atoms with Gasteiger partial charge in [-0.25, -0.2) is 14.5 Å². The molecule has 2 N–H and O–H groups in total. The van der Waals surface area contributed by atoms with Crippen molar-refractivity contribution in [3.8, 4) is 16.9 Å². The standard InChI is InChI=1S/C27H24N6O3/c1-2-13-32-24-22(26(35)30-27(32)36)14-19(15-28-24)25(34)29-16-20-17-33(21-11-7-4-8-12-21)31-23(20)18-9-5-3-6-10-18/h3-12,14-15,17H,2,13,16H2,1H3,(H,29,34)(H,30,35,36). The lowest BCUT2D eigenvalue weighted by Crippen LogP contribution is -2.31. The molecule has 3 aromatic heterocycles. The Balaban J connectivity index is 1.45. The molecule has 0 bridgehead atoms. The number of amides is 1. The minimum absolute atomic E-state index is 0.192. The van der Waals surface area contributed by atoms with Crippen LogP contribution in [0.2, 0.25) is 0 Å². The fourth-order valence-corrected chi connectivity index (χ4v) is 4.09. The molecule has 0 saturated heterocycles. The van der Waals surface area contributed by atoms with E-state index in [2.05, 4.69) is 15.3 Å². The van der Waals surface area contributed by atoms with E-state index in [-0.39, 0.29) is 29.0 Å². The third-order valence-electron chi connectivity index (χ3n) is 5.84. The molecule has 0 saturated carbocycles. The van der Waals surface area contributed by atoms with Crippen molar-refractivity contribution in [2.24, 2.45) is 0 Å². The summed E-state index contributed by atoms with van der Waals surface area (Å²) >= 11 is 0. The second kappa shape index (κ2) is 9.83. The molecule has 3 heterocycles. The van der Waals surface area contributed by atoms with Gasteiger partial charge in [-0.05, 0) is 24.6 Å². The fraction of sp³-hybridized carbons (Fsp3) is 0.148. The average Bonchev–Trinajstić information content (AvgIpc) is 3.35. The number of pyridine rings is 1. The Labute approximate surface area is 206 Å². The van der Waals surface area contributed by atoms with Gasteiger partial charge < -0.3 is 5.32 Å². The van der Waals surface area contributed by atoms with Crippen molar-refractivity contribution in [1.29, 1.82) is 0 Å². The Bertz CT molecular complexity index is 1650. The van der Waals surface area contributed by atoms with E-state index in [1.807, 2.05) is 73.8 Å². The van der Waals surface area contributed by atoms with Crippen molar-refractivity contribution >= 4 is 16.9 Å². The first-order valence-electron chi connectivity index (χ1n) is 11.7. The monoisotopic (exact) mass is 480 g/mol. The zero-order valence-electron chi connectivity index (χ0n) is 19.6. The number of aromatic amines is 1. The summed E-state index contributed by atoms with van der Waals surface area (Å²) in [6.45, 7) is 2.56. The lowest BCUT2D eigenvalue weighted by molar-refractivity contribution is 0.0951. The summed E-state index contributed by atoms with van der Waals surface area (Å²) in [4.78, 5) is 44.1. The summed E-state index contributed by atoms with van der Waals surface area (Å²) < 4.78 is 3.19. The summed E-state index contributed by atoms with van der Waals surface area (Å²) in [6, 6.07) is 21.0. The molecule has 1 amide bonds. The van der Waals surface area contributed by atoms with E-state index < -0.39 is 11.2 Å². The number of hydrogen-bond acceptors (Lipinski definition) is 5. The van der Waals surface area contributed by atoms with Crippen LogP contribution in [0.25, 0.3) is 28.0 Å². The van der Waals surface area contributed by atoms with Gasteiger partial charge in [0.05, 0.1) is 22.3 Å². The van der Waals surface area contributed by atoms with Crippen LogP contribution in [0.1, 0.15) is 29.3 Å². The number of aromatic nitrogens is 5. The predicted octanol–water partition coefficient (Wildman–Crippen LogP) is 3.28. The molecule has 5 aromatic rings. The van der Waals surface area contributed by atoms with Crippen molar-refractivity contribution in [3.63, 3.8) is 0 Å². The summed E-state index contributed by atoms with van der Waals surface area (Å²) in [7, 11) is 0. The minimum atomic E-state index is -0.569. The summed E-state index contributed by atoms with van der Waals surface area (Å²) in [5, 5.41) is 7.87. The van der Waals surface area contributed by atoms with Crippen molar-refractivity contribution in [2.75, 3.05) is 0 Å². The lowest BCUT2D eigenvalue weighted by Gasteiger charge is -2.09. The SMILES string of the molecule is CCCn1c(=O)[nH]c(=O)c2cc(C(=O)NCc3cn(-c4ccccc4)nc3-c3ccccc3)cnc21. The number of hydrogen-bond donors (Lipinski definition) is 2. The third-order valence-corrected chi connectivity index (χ3v) is 5.84. The molecule has 0 radical (unpaired) electrons. The van der Waals surface area contributed by atoms with Gasteiger partial charge in [0.1, 0.15) is 5.65 Å². The smallest absolute Gasteiger partial charge is 0.329 e. The molecule has 0 spiro atoms. The molecule has 180 valence electrons. The van der Waals surface area contributed by atoms with Crippen LogP contribution in [-0.4, -0.2) is 30.2 Å². The number of carbonyl (C=O) groups is 1. The average molecular weight is 481 g/mol. The van der Waals surface area contributed by atoms with Crippen LogP contribution in [0.3, 0.4) is 0 Å². The summed E-state index contributed by atoms with van der Waals surface area (Å²) in [5.41, 5.74) is 2.85. The second-order valence-corrected chi connectivity index (χ2v) is 8.34. The second-order valence-electron chi connectivity index (χ2n) is 8.34. The number of fused-ring (bicyclic) bond motifs is 1. The van der Waals surface area contributed by atoms with Crippen LogP contribution in [0.4, 0.5) is 0 Å². The number of benzene rings is 2. The number of rotatable bonds is 7. The Kier molecular flexibility index (Phi) is 6.27. The quantitative estimate of drug-likeness (QED) is 0.371. The van der Waals surface area contributed by atoms with Gasteiger partial charge in [-0.1, -0.05) is 55.5 Å². The minimum Gasteiger partial charge on any atom is -0.348 e. The van der Waals surface area contributed by atoms with Gasteiger partial charge in [-0.3, -0.25) is 19.1 Å². The molecule has 0 fully saturated rings. The van der Waals surface area contributed by atoms with E-state index in [4.69, 9.17) is 5.10 Å². The van der Waals surface area contributed by atoms with Gasteiger partial charge in [-0.15, -0.1) is 0 Å². The van der Waals surface area contributed by atoms with Gasteiger partial charge in [-0.2, -0.15) is 5.10 Å². The van der Waals surface area contributed by atoms with Crippen molar-refractivity contribution in [1.82, 2.24) is 29.6 Å². The molecule has 0 aliphatic carbocycles. The van der Waals surface area contributed by atoms with Crippen LogP contribution >= 0.6 is 0 Å². The molecule has 2 aromatic carbocycles. The highest BCUT2D eigenvalue weighted by molar-refractivity contribution is 5.96. The van der Waals surface area contributed by atoms with Gasteiger partial charge in [0.2, 0.25) is 0 Å². The van der Waals surface area contributed by atoms with Crippen LogP contribution in [0.5, 0.6) is 0 Å². The lowest BCUT2D eigenvalue weighted by atomic mass is 10.1. The van der Waals surface area contributed by atoms with E-state index in [0.29, 0.717) is 13.0 Å². The Morgan fingerprint density at radius 2 is 1.75 bits per heavy atom. The zero-order chi connectivity index (χ0) is 25.1. The van der Waals surface area contributed by atoms with Crippen molar-refractivity contribution < 1.29 is 4.79 Å². The maximum atomic E-state index is 13.0. The first kappa shape index (κ1) is 23.0. The normalized spacial score (nSPS) is 11.0. The first-order chi connectivity index (χ1) is 17.5. The Morgan fingerprint density at radius 1 is 1.03 bits per heavy atom. The number of nitrogens with one attached hydrogen (secondary N) is 2. The number of para-hydroxylation sites is 1. The maximum absolute atomic E-state index is 13.0. The largest absolute Gasteiger partial charge is 0.348 e. The molecular weight excluding hydrogens is 456 g/mol. The van der Waals surface area contributed by atoms with Gasteiger partial charge in [0.25, 0.3) is 11.5 Å². The van der Waals surface area contributed by atoms with E-state index in [1.165, 1.54) is 16.8 Å². The Hall–Kier alpha value is -4.79. The molecule has 9 heteroatoms. The molecule has 36 heavy (non-hydrogen) atoms. The number of aryl methyl sites for hydroxylation is 1. The molecule has 0 aliphatic rings. The number of nitrogens with zero attached hydrogens (tertiary/aromatic N) is 4. The van der Waals surface area contributed by atoms with Crippen LogP contribution in [-0.2, 0) is 13.1 Å². The topological polar surface area (TPSA) is 115 Å². The van der Waals surface area contributed by atoms with Crippen molar-refractivity contribution in [2.45, 2.75) is 26.4 Å². The molecule has 5 rings (SSSR count). The molecule has 0 unspecified atom stereocenters. The van der Waals surface area contributed by atoms with Crippen LogP contribution < -0.4 is 16.6 Å². The van der Waals surface area contributed by atoms with Gasteiger partial charge >= 0.3 is 5.69 Å². The first-order valence-corrected chi connectivity index (χ1v) is 11.7. The predicted molar refractivity (Wildman–Crippen MR) is 137 cm³/mol. The third kappa shape index (κ3) is 4.46. The van der Waals surface area contributed by atoms with E-state index in [9.17, 15) is 14.4 Å². The maximum Gasteiger partial charge on any atom is 0.329 e. The van der Waals surface area contributed by atoms with E-state index in [0.717, 1.165) is 22.5 Å². The molecular formula is C27H24N6O3. The van der Waals surface area contributed by atoms with Crippen LogP contribution in [0, 0.1) is 0 Å². The fourth-order valence-electron chi connectivity index (χ4n) is 4.09. The molecule has 0 atom stereocenters. The van der Waals surface area contributed by atoms with Gasteiger partial charge in [0.15, 0.2) is 0 Å². The number of carbonyl (C=O) groups excluding carboxylic acids is 1. The highest BCUT2D eigenvalue weighted by Crippen LogP contribution is 2.23. The van der Waals surface area contributed by atoms with E-state index in [1.54, 1.807) is 4.68 Å². The Morgan fingerprint density at radius 3 is 2.47 bits per heavy atom. The number of H-pyrrole nitrogens is 1. The van der Waals surface area contributed by atoms with Crippen LogP contribution in [0.15, 0.2) is 88.7 Å². The summed E-state index contributed by atoms with van der Waals surface area (Å²) in [6.07, 6.45) is 3.98. The molecule has 9 nitrogen and oxygen atoms in total. The van der Waals surface area contributed by atoms with Crippen molar-refractivity contribution in [3.05, 3.63) is 111 Å². The highest BCUT2D eigenvalue weighted by atomic mass is 16.2. The summed E-state index contributed by atoms with van der Waals surface area (Å²) in [5.74, 6) is -0.386. The van der Waals surface area contributed by atoms with E-state index >= 15 is 0 Å². The molecule has 0 aliphatic heterocycles. The highest BCUT2D eigenvalue weighted by Gasteiger charge is 2.16.